The van der Waals surface area contributed by atoms with Crippen molar-refractivity contribution >= 4 is 25.0 Å². The Balaban J connectivity index is 1.98. The van der Waals surface area contributed by atoms with Crippen molar-refractivity contribution in [3.8, 4) is 0 Å². The van der Waals surface area contributed by atoms with E-state index in [1.165, 1.54) is 6.92 Å². The lowest BCUT2D eigenvalue weighted by Gasteiger charge is -2.19. The quantitative estimate of drug-likeness (QED) is 0.434. The maximum absolute atomic E-state index is 11.6. The largest absolute Gasteiger partial charge is 0.369 e. The van der Waals surface area contributed by atoms with Gasteiger partial charge >= 0.3 is 7.60 Å². The number of nitrogens with two attached hydrogens (primary N) is 1. The number of aromatic amines is 1. The molecule has 11 heteroatoms. The molecule has 2 heterocycles. The van der Waals surface area contributed by atoms with Gasteiger partial charge in [0.05, 0.1) is 13.3 Å². The average molecular weight is 305 g/mol. The molecule has 0 amide bonds. The van der Waals surface area contributed by atoms with Gasteiger partial charge in [-0.25, -0.2) is 0 Å². The number of ether oxygens (including phenoxy) is 1. The minimum atomic E-state index is -4.25. The molecule has 1 unspecified atom stereocenters. The molecule has 0 aliphatic carbocycles. The SMILES string of the molecule is CC(OCCN1CNc2c1nc(N)[nH]c2=O)P(=O)(O)O. The predicted octanol–water partition coefficient (Wildman–Crippen LogP) is -0.918. The topological polar surface area (TPSA) is 154 Å². The zero-order chi connectivity index (χ0) is 14.9. The summed E-state index contributed by atoms with van der Waals surface area (Å²) >= 11 is 0. The van der Waals surface area contributed by atoms with Crippen molar-refractivity contribution in [3.05, 3.63) is 10.4 Å². The van der Waals surface area contributed by atoms with E-state index >= 15 is 0 Å². The molecule has 20 heavy (non-hydrogen) atoms. The van der Waals surface area contributed by atoms with Crippen LogP contribution < -0.4 is 21.5 Å². The van der Waals surface area contributed by atoms with E-state index in [1.54, 1.807) is 4.90 Å². The smallest absolute Gasteiger partial charge is 0.353 e. The third-order valence-corrected chi connectivity index (χ3v) is 3.96. The molecule has 6 N–H and O–H groups in total. The van der Waals surface area contributed by atoms with E-state index in [0.717, 1.165) is 0 Å². The van der Waals surface area contributed by atoms with E-state index in [2.05, 4.69) is 15.3 Å². The molecule has 1 aliphatic rings. The highest BCUT2D eigenvalue weighted by molar-refractivity contribution is 7.52. The van der Waals surface area contributed by atoms with Crippen molar-refractivity contribution in [2.24, 2.45) is 0 Å². The first kappa shape index (κ1) is 14.8. The molecule has 2 rings (SSSR count). The number of rotatable bonds is 5. The Labute approximate surface area is 114 Å². The van der Waals surface area contributed by atoms with Crippen molar-refractivity contribution in [1.82, 2.24) is 9.97 Å². The number of fused-ring (bicyclic) bond motifs is 1. The van der Waals surface area contributed by atoms with Gasteiger partial charge in [-0.2, -0.15) is 4.98 Å². The zero-order valence-electron chi connectivity index (χ0n) is 10.7. The minimum absolute atomic E-state index is 0.00644. The number of aromatic nitrogens is 2. The molecule has 0 radical (unpaired) electrons. The Bertz CT molecular complexity index is 599. The van der Waals surface area contributed by atoms with Gasteiger partial charge in [0.15, 0.2) is 11.7 Å². The first-order chi connectivity index (χ1) is 9.29. The van der Waals surface area contributed by atoms with Crippen LogP contribution in [0.15, 0.2) is 4.79 Å². The first-order valence-electron chi connectivity index (χ1n) is 5.84. The molecular weight excluding hydrogens is 289 g/mol. The minimum Gasteiger partial charge on any atom is -0.369 e. The summed E-state index contributed by atoms with van der Waals surface area (Å²) in [6, 6.07) is 0. The van der Waals surface area contributed by atoms with Crippen LogP contribution in [-0.4, -0.2) is 45.4 Å². The van der Waals surface area contributed by atoms with Gasteiger partial charge in [-0.05, 0) is 6.92 Å². The third-order valence-electron chi connectivity index (χ3n) is 2.86. The number of nitrogen functional groups attached to an aromatic ring is 1. The monoisotopic (exact) mass is 305 g/mol. The van der Waals surface area contributed by atoms with Crippen LogP contribution in [0.1, 0.15) is 6.92 Å². The molecule has 10 nitrogen and oxygen atoms in total. The van der Waals surface area contributed by atoms with E-state index in [1.807, 2.05) is 0 Å². The number of anilines is 3. The Hall–Kier alpha value is -1.61. The van der Waals surface area contributed by atoms with E-state index in [4.69, 9.17) is 20.3 Å². The molecule has 0 saturated carbocycles. The molecule has 0 aromatic carbocycles. The molecule has 1 aromatic rings. The first-order valence-corrected chi connectivity index (χ1v) is 7.52. The van der Waals surface area contributed by atoms with Gasteiger partial charge in [0.25, 0.3) is 5.56 Å². The number of hydrogen-bond donors (Lipinski definition) is 5. The average Bonchev–Trinajstić information content (AvgIpc) is 2.71. The van der Waals surface area contributed by atoms with Gasteiger partial charge in [0.1, 0.15) is 5.69 Å². The summed E-state index contributed by atoms with van der Waals surface area (Å²) < 4.78 is 16.0. The summed E-state index contributed by atoms with van der Waals surface area (Å²) in [6.07, 6.45) is 0. The summed E-state index contributed by atoms with van der Waals surface area (Å²) in [5, 5.41) is 2.87. The fraction of sp³-hybridized carbons (Fsp3) is 0.556. The van der Waals surface area contributed by atoms with Crippen LogP contribution in [0.25, 0.3) is 0 Å². The number of H-pyrrole nitrogens is 1. The van der Waals surface area contributed by atoms with Gasteiger partial charge in [0.2, 0.25) is 5.95 Å². The summed E-state index contributed by atoms with van der Waals surface area (Å²) in [4.78, 5) is 37.5. The van der Waals surface area contributed by atoms with Crippen molar-refractivity contribution < 1.29 is 19.1 Å². The van der Waals surface area contributed by atoms with Crippen LogP contribution in [0, 0.1) is 0 Å². The van der Waals surface area contributed by atoms with E-state index in [-0.39, 0.29) is 18.1 Å². The van der Waals surface area contributed by atoms with Gasteiger partial charge in [-0.15, -0.1) is 0 Å². The van der Waals surface area contributed by atoms with Crippen molar-refractivity contribution in [3.63, 3.8) is 0 Å². The highest BCUT2D eigenvalue weighted by atomic mass is 31.2. The molecule has 0 saturated heterocycles. The Morgan fingerprint density at radius 3 is 2.95 bits per heavy atom. The molecule has 112 valence electrons. The second kappa shape index (κ2) is 5.41. The van der Waals surface area contributed by atoms with Crippen LogP contribution in [0.5, 0.6) is 0 Å². The zero-order valence-corrected chi connectivity index (χ0v) is 11.6. The van der Waals surface area contributed by atoms with Gasteiger partial charge in [-0.1, -0.05) is 0 Å². The van der Waals surface area contributed by atoms with Crippen molar-refractivity contribution in [2.45, 2.75) is 12.8 Å². The van der Waals surface area contributed by atoms with Crippen molar-refractivity contribution in [2.75, 3.05) is 35.8 Å². The molecular formula is C9H16N5O5P. The van der Waals surface area contributed by atoms with Crippen molar-refractivity contribution in [1.29, 1.82) is 0 Å². The lowest BCUT2D eigenvalue weighted by atomic mass is 10.4. The molecule has 0 fully saturated rings. The standard InChI is InChI=1S/C9H16N5O5P/c1-5(20(16,17)18)19-3-2-14-4-11-6-7(14)12-9(10)13-8(6)15/h5,11H,2-4H2,1H3,(H2,16,17,18)(H3,10,12,13,15). The fourth-order valence-electron chi connectivity index (χ4n) is 1.73. The maximum Gasteiger partial charge on any atom is 0.353 e. The molecule has 1 atom stereocenters. The van der Waals surface area contributed by atoms with Gasteiger partial charge in [-0.3, -0.25) is 14.3 Å². The Morgan fingerprint density at radius 1 is 1.60 bits per heavy atom. The van der Waals surface area contributed by atoms with E-state index < -0.39 is 13.4 Å². The third kappa shape index (κ3) is 3.10. The van der Waals surface area contributed by atoms with Crippen LogP contribution in [0.4, 0.5) is 17.5 Å². The van der Waals surface area contributed by atoms with E-state index in [9.17, 15) is 9.36 Å². The normalized spacial score (nSPS) is 15.8. The molecule has 1 aromatic heterocycles. The van der Waals surface area contributed by atoms with Crippen LogP contribution in [-0.2, 0) is 9.30 Å². The Morgan fingerprint density at radius 2 is 2.30 bits per heavy atom. The number of nitrogens with one attached hydrogen (secondary N) is 2. The van der Waals surface area contributed by atoms with E-state index in [0.29, 0.717) is 24.7 Å². The highest BCUT2D eigenvalue weighted by Crippen LogP contribution is 2.41. The maximum atomic E-state index is 11.6. The van der Waals surface area contributed by atoms with Gasteiger partial charge < -0.3 is 30.5 Å². The summed E-state index contributed by atoms with van der Waals surface area (Å²) in [7, 11) is -4.25. The van der Waals surface area contributed by atoms with Crippen LogP contribution >= 0.6 is 7.60 Å². The lowest BCUT2D eigenvalue weighted by Crippen LogP contribution is -2.29. The molecule has 1 aliphatic heterocycles. The molecule has 0 spiro atoms. The number of nitrogens with zero attached hydrogens (tertiary/aromatic N) is 2. The van der Waals surface area contributed by atoms with Gasteiger partial charge in [0, 0.05) is 6.54 Å². The second-order valence-electron chi connectivity index (χ2n) is 4.31. The second-order valence-corrected chi connectivity index (χ2v) is 6.21. The predicted molar refractivity (Wildman–Crippen MR) is 72.6 cm³/mol. The Kier molecular flexibility index (Phi) is 4.00. The highest BCUT2D eigenvalue weighted by Gasteiger charge is 2.26. The van der Waals surface area contributed by atoms with Crippen LogP contribution in [0.3, 0.4) is 0 Å². The summed E-state index contributed by atoms with van der Waals surface area (Å²) in [6.45, 7) is 2.06. The summed E-state index contributed by atoms with van der Waals surface area (Å²) in [5.41, 5.74) is 5.43. The van der Waals surface area contributed by atoms with Crippen LogP contribution in [0.2, 0.25) is 0 Å². The number of hydrogen-bond acceptors (Lipinski definition) is 7. The fourth-order valence-corrected chi connectivity index (χ4v) is 2.03. The summed E-state index contributed by atoms with van der Waals surface area (Å²) in [5.74, 6) is -0.764. The molecule has 0 bridgehead atoms. The lowest BCUT2D eigenvalue weighted by molar-refractivity contribution is 0.102.